The predicted octanol–water partition coefficient (Wildman–Crippen LogP) is 3.79. The van der Waals surface area contributed by atoms with Gasteiger partial charge in [-0.1, -0.05) is 18.2 Å². The minimum absolute atomic E-state index is 0.0206. The molecule has 2 aromatic carbocycles. The number of halogens is 3. The maximum Gasteiger partial charge on any atom is 0.416 e. The lowest BCUT2D eigenvalue weighted by molar-refractivity contribution is -0.137. The van der Waals surface area contributed by atoms with Gasteiger partial charge in [0.1, 0.15) is 5.75 Å². The van der Waals surface area contributed by atoms with Crippen LogP contribution in [0.2, 0.25) is 0 Å². The first kappa shape index (κ1) is 20.5. The van der Waals surface area contributed by atoms with E-state index in [0.717, 1.165) is 43.4 Å². The van der Waals surface area contributed by atoms with Gasteiger partial charge in [0.15, 0.2) is 0 Å². The van der Waals surface area contributed by atoms with E-state index < -0.39 is 11.7 Å². The molecule has 2 aromatic rings. The van der Waals surface area contributed by atoms with Crippen LogP contribution in [-0.2, 0) is 12.8 Å². The first-order valence-corrected chi connectivity index (χ1v) is 9.43. The molecular formula is C21H25F3N2O2. The molecule has 0 aromatic heterocycles. The number of hydrogen-bond acceptors (Lipinski definition) is 4. The van der Waals surface area contributed by atoms with Gasteiger partial charge in [-0.2, -0.15) is 13.2 Å². The van der Waals surface area contributed by atoms with Crippen LogP contribution in [0.1, 0.15) is 17.5 Å². The van der Waals surface area contributed by atoms with Gasteiger partial charge in [-0.25, -0.2) is 0 Å². The van der Waals surface area contributed by atoms with Crippen LogP contribution < -0.4 is 9.64 Å². The van der Waals surface area contributed by atoms with Crippen molar-refractivity contribution in [1.82, 2.24) is 4.90 Å². The van der Waals surface area contributed by atoms with Crippen LogP contribution in [0.5, 0.6) is 5.75 Å². The number of nitrogens with zero attached hydrogens (tertiary/aromatic N) is 2. The number of alkyl halides is 3. The molecule has 0 amide bonds. The molecule has 0 spiro atoms. The summed E-state index contributed by atoms with van der Waals surface area (Å²) >= 11 is 0. The molecule has 0 aliphatic carbocycles. The average Bonchev–Trinajstić information content (AvgIpc) is 2.71. The molecule has 0 atom stereocenters. The third kappa shape index (κ3) is 5.62. The quantitative estimate of drug-likeness (QED) is 0.725. The monoisotopic (exact) mass is 394 g/mol. The third-order valence-corrected chi connectivity index (χ3v) is 4.90. The van der Waals surface area contributed by atoms with Gasteiger partial charge in [0.25, 0.3) is 0 Å². The summed E-state index contributed by atoms with van der Waals surface area (Å²) in [6.45, 7) is 4.59. The van der Waals surface area contributed by atoms with Crippen molar-refractivity contribution in [2.45, 2.75) is 19.2 Å². The van der Waals surface area contributed by atoms with Crippen LogP contribution >= 0.6 is 0 Å². The molecular weight excluding hydrogens is 369 g/mol. The maximum absolute atomic E-state index is 12.9. The summed E-state index contributed by atoms with van der Waals surface area (Å²) in [7, 11) is 0. The molecule has 1 aliphatic rings. The Morgan fingerprint density at radius 3 is 2.32 bits per heavy atom. The number of benzene rings is 2. The maximum atomic E-state index is 12.9. The van der Waals surface area contributed by atoms with Gasteiger partial charge >= 0.3 is 6.18 Å². The molecule has 4 nitrogen and oxygen atoms in total. The summed E-state index contributed by atoms with van der Waals surface area (Å²) in [5.74, 6) is 0.784. The molecule has 0 radical (unpaired) electrons. The van der Waals surface area contributed by atoms with Crippen molar-refractivity contribution in [3.05, 3.63) is 59.7 Å². The van der Waals surface area contributed by atoms with Gasteiger partial charge < -0.3 is 14.7 Å². The second-order valence-corrected chi connectivity index (χ2v) is 6.88. The molecule has 28 heavy (non-hydrogen) atoms. The fraction of sp³-hybridized carbons (Fsp3) is 0.429. The minimum Gasteiger partial charge on any atom is -0.494 e. The molecule has 0 saturated carbocycles. The Balaban J connectivity index is 1.39. The van der Waals surface area contributed by atoms with E-state index in [2.05, 4.69) is 4.90 Å². The van der Waals surface area contributed by atoms with Crippen molar-refractivity contribution < 1.29 is 23.0 Å². The minimum atomic E-state index is -4.31. The topological polar surface area (TPSA) is 35.9 Å². The lowest BCUT2D eigenvalue weighted by atomic mass is 10.1. The number of anilines is 1. The second-order valence-electron chi connectivity index (χ2n) is 6.88. The van der Waals surface area contributed by atoms with Crippen LogP contribution in [0.25, 0.3) is 0 Å². The second kappa shape index (κ2) is 9.30. The lowest BCUT2D eigenvalue weighted by Crippen LogP contribution is -2.46. The highest BCUT2D eigenvalue weighted by molar-refractivity contribution is 5.49. The summed E-state index contributed by atoms with van der Waals surface area (Å²) < 4.78 is 44.3. The van der Waals surface area contributed by atoms with Gasteiger partial charge in [-0.15, -0.1) is 0 Å². The molecule has 152 valence electrons. The molecule has 0 bridgehead atoms. The zero-order chi connectivity index (χ0) is 20.0. The van der Waals surface area contributed by atoms with Gasteiger partial charge in [-0.3, -0.25) is 4.90 Å². The summed E-state index contributed by atoms with van der Waals surface area (Å²) in [5.41, 5.74) is 0.881. The van der Waals surface area contributed by atoms with Crippen molar-refractivity contribution in [1.29, 1.82) is 0 Å². The lowest BCUT2D eigenvalue weighted by Gasteiger charge is -2.36. The highest BCUT2D eigenvalue weighted by Gasteiger charge is 2.31. The summed E-state index contributed by atoms with van der Waals surface area (Å²) in [4.78, 5) is 4.31. The van der Waals surface area contributed by atoms with E-state index in [-0.39, 0.29) is 6.61 Å². The number of aliphatic hydroxyl groups is 1. The molecule has 1 N–H and O–H groups in total. The fourth-order valence-electron chi connectivity index (χ4n) is 3.28. The van der Waals surface area contributed by atoms with Crippen molar-refractivity contribution in [3.63, 3.8) is 0 Å². The first-order chi connectivity index (χ1) is 13.5. The Labute approximate surface area is 163 Å². The highest BCUT2D eigenvalue weighted by atomic mass is 19.4. The van der Waals surface area contributed by atoms with E-state index >= 15 is 0 Å². The molecule has 7 heteroatoms. The first-order valence-electron chi connectivity index (χ1n) is 9.43. The van der Waals surface area contributed by atoms with Gasteiger partial charge in [0.05, 0.1) is 18.8 Å². The number of aliphatic hydroxyl groups excluding tert-OH is 1. The van der Waals surface area contributed by atoms with E-state index in [4.69, 9.17) is 9.84 Å². The molecule has 1 aliphatic heterocycles. The summed E-state index contributed by atoms with van der Waals surface area (Å²) in [6, 6.07) is 12.9. The summed E-state index contributed by atoms with van der Waals surface area (Å²) in [6.07, 6.45) is -3.43. The number of piperazine rings is 1. The van der Waals surface area contributed by atoms with Crippen LogP contribution in [0.15, 0.2) is 48.5 Å². The Kier molecular flexibility index (Phi) is 6.80. The Bertz CT molecular complexity index is 742. The molecule has 1 fully saturated rings. The SMILES string of the molecule is OCc1ccc(OCCCN2CCN(c3cccc(C(F)(F)F)c3)CC2)cc1. The van der Waals surface area contributed by atoms with E-state index in [9.17, 15) is 13.2 Å². The number of hydrogen-bond donors (Lipinski definition) is 1. The van der Waals surface area contributed by atoms with E-state index in [0.29, 0.717) is 25.4 Å². The van der Waals surface area contributed by atoms with E-state index in [1.807, 2.05) is 29.2 Å². The Morgan fingerprint density at radius 2 is 1.68 bits per heavy atom. The fourth-order valence-corrected chi connectivity index (χ4v) is 3.28. The standard InChI is InChI=1S/C21H25F3N2O2/c22-21(23,24)18-3-1-4-19(15-18)26-12-10-25(11-13-26)9-2-14-28-20-7-5-17(16-27)6-8-20/h1,3-8,15,27H,2,9-14,16H2. The van der Waals surface area contributed by atoms with Crippen molar-refractivity contribution in [2.24, 2.45) is 0 Å². The molecule has 0 unspecified atom stereocenters. The zero-order valence-electron chi connectivity index (χ0n) is 15.7. The Morgan fingerprint density at radius 1 is 0.964 bits per heavy atom. The van der Waals surface area contributed by atoms with Gasteiger partial charge in [0.2, 0.25) is 0 Å². The third-order valence-electron chi connectivity index (χ3n) is 4.90. The smallest absolute Gasteiger partial charge is 0.416 e. The molecule has 1 saturated heterocycles. The average molecular weight is 394 g/mol. The van der Waals surface area contributed by atoms with Crippen molar-refractivity contribution >= 4 is 5.69 Å². The normalized spacial score (nSPS) is 15.6. The Hall–Kier alpha value is -2.25. The number of rotatable bonds is 7. The molecule has 3 rings (SSSR count). The van der Waals surface area contributed by atoms with Gasteiger partial charge in [-0.05, 0) is 42.3 Å². The van der Waals surface area contributed by atoms with E-state index in [1.165, 1.54) is 12.1 Å². The number of ether oxygens (including phenoxy) is 1. The van der Waals surface area contributed by atoms with Crippen LogP contribution in [-0.4, -0.2) is 49.3 Å². The largest absolute Gasteiger partial charge is 0.494 e. The van der Waals surface area contributed by atoms with Crippen LogP contribution in [0, 0.1) is 0 Å². The summed E-state index contributed by atoms with van der Waals surface area (Å²) in [5, 5.41) is 9.03. The van der Waals surface area contributed by atoms with Crippen LogP contribution in [0.4, 0.5) is 18.9 Å². The predicted molar refractivity (Wildman–Crippen MR) is 103 cm³/mol. The molecule has 1 heterocycles. The van der Waals surface area contributed by atoms with Crippen LogP contribution in [0.3, 0.4) is 0 Å². The van der Waals surface area contributed by atoms with E-state index in [1.54, 1.807) is 6.07 Å². The highest BCUT2D eigenvalue weighted by Crippen LogP contribution is 2.31. The van der Waals surface area contributed by atoms with Crippen molar-refractivity contribution in [2.75, 3.05) is 44.2 Å². The van der Waals surface area contributed by atoms with Crippen molar-refractivity contribution in [3.8, 4) is 5.75 Å². The van der Waals surface area contributed by atoms with Gasteiger partial charge in [0, 0.05) is 38.4 Å². The zero-order valence-corrected chi connectivity index (χ0v) is 15.7.